The first-order valence-corrected chi connectivity index (χ1v) is 8.12. The van der Waals surface area contributed by atoms with Gasteiger partial charge in [0.1, 0.15) is 5.01 Å². The van der Waals surface area contributed by atoms with Crippen molar-refractivity contribution in [3.63, 3.8) is 0 Å². The summed E-state index contributed by atoms with van der Waals surface area (Å²) in [6, 6.07) is 3.97. The standard InChI is InChI=1S/C14H9Cl2N3O3S/c1-2-11-18-19-14(23-11)17-13(21)10-5-9(20)7-3-6(15)4-8(16)12(7)22-10/h3-5H,2H2,1H3,(H,17,19,21). The Morgan fingerprint density at radius 3 is 2.78 bits per heavy atom. The molecule has 23 heavy (non-hydrogen) atoms. The molecule has 0 radical (unpaired) electrons. The van der Waals surface area contributed by atoms with E-state index in [1.54, 1.807) is 0 Å². The van der Waals surface area contributed by atoms with Gasteiger partial charge in [-0.05, 0) is 18.6 Å². The van der Waals surface area contributed by atoms with E-state index in [0.717, 1.165) is 17.5 Å². The number of nitrogens with zero attached hydrogens (tertiary/aromatic N) is 2. The molecule has 0 bridgehead atoms. The number of hydrogen-bond donors (Lipinski definition) is 1. The van der Waals surface area contributed by atoms with Gasteiger partial charge < -0.3 is 4.42 Å². The lowest BCUT2D eigenvalue weighted by molar-refractivity contribution is 0.0997. The summed E-state index contributed by atoms with van der Waals surface area (Å²) in [5.74, 6) is -0.770. The summed E-state index contributed by atoms with van der Waals surface area (Å²) in [6.07, 6.45) is 0.717. The summed E-state index contributed by atoms with van der Waals surface area (Å²) in [5, 5.41) is 12.1. The van der Waals surface area contributed by atoms with Crippen LogP contribution in [0.15, 0.2) is 27.4 Å². The molecule has 0 fully saturated rings. The molecular formula is C14H9Cl2N3O3S. The summed E-state index contributed by atoms with van der Waals surface area (Å²) in [7, 11) is 0. The number of hydrogen-bond acceptors (Lipinski definition) is 6. The molecule has 3 aromatic rings. The van der Waals surface area contributed by atoms with Gasteiger partial charge in [0.15, 0.2) is 16.8 Å². The molecule has 0 unspecified atom stereocenters. The highest BCUT2D eigenvalue weighted by Crippen LogP contribution is 2.27. The molecule has 0 aliphatic carbocycles. The van der Waals surface area contributed by atoms with E-state index in [2.05, 4.69) is 15.5 Å². The number of carbonyl (C=O) groups is 1. The molecular weight excluding hydrogens is 361 g/mol. The zero-order valence-corrected chi connectivity index (χ0v) is 14.1. The molecule has 0 atom stereocenters. The molecule has 9 heteroatoms. The summed E-state index contributed by atoms with van der Waals surface area (Å²) in [5.41, 5.74) is -0.299. The molecule has 118 valence electrons. The average molecular weight is 370 g/mol. The van der Waals surface area contributed by atoms with Gasteiger partial charge in [0, 0.05) is 11.1 Å². The average Bonchev–Trinajstić information content (AvgIpc) is 2.95. The number of aryl methyl sites for hydroxylation is 1. The zero-order valence-electron chi connectivity index (χ0n) is 11.7. The number of halogens is 2. The molecule has 3 rings (SSSR count). The van der Waals surface area contributed by atoms with E-state index in [9.17, 15) is 9.59 Å². The largest absolute Gasteiger partial charge is 0.449 e. The van der Waals surface area contributed by atoms with Crippen LogP contribution in [0.2, 0.25) is 10.0 Å². The van der Waals surface area contributed by atoms with Crippen LogP contribution in [0.25, 0.3) is 11.0 Å². The molecule has 2 heterocycles. The summed E-state index contributed by atoms with van der Waals surface area (Å²) >= 11 is 13.1. The maximum absolute atomic E-state index is 12.2. The van der Waals surface area contributed by atoms with E-state index in [1.807, 2.05) is 6.92 Å². The minimum atomic E-state index is -0.603. The number of amides is 1. The molecule has 0 saturated heterocycles. The highest BCUT2D eigenvalue weighted by atomic mass is 35.5. The van der Waals surface area contributed by atoms with Gasteiger partial charge in [-0.15, -0.1) is 10.2 Å². The third-order valence-electron chi connectivity index (χ3n) is 2.96. The fourth-order valence-corrected chi connectivity index (χ4v) is 3.11. The van der Waals surface area contributed by atoms with Crippen molar-refractivity contribution >= 4 is 56.5 Å². The molecule has 1 aromatic carbocycles. The Balaban J connectivity index is 1.99. The van der Waals surface area contributed by atoms with Gasteiger partial charge in [-0.2, -0.15) is 0 Å². The van der Waals surface area contributed by atoms with Crippen LogP contribution < -0.4 is 10.7 Å². The van der Waals surface area contributed by atoms with Crippen molar-refractivity contribution in [2.45, 2.75) is 13.3 Å². The van der Waals surface area contributed by atoms with Gasteiger partial charge in [-0.3, -0.25) is 14.9 Å². The highest BCUT2D eigenvalue weighted by Gasteiger charge is 2.16. The van der Waals surface area contributed by atoms with Crippen LogP contribution in [0, 0.1) is 0 Å². The minimum Gasteiger partial charge on any atom is -0.449 e. The number of rotatable bonds is 3. The van der Waals surface area contributed by atoms with E-state index in [1.165, 1.54) is 23.5 Å². The summed E-state index contributed by atoms with van der Waals surface area (Å²) in [6.45, 7) is 1.93. The third kappa shape index (κ3) is 3.21. The second kappa shape index (κ2) is 6.27. The smallest absolute Gasteiger partial charge is 0.293 e. The van der Waals surface area contributed by atoms with Crippen molar-refractivity contribution in [2.75, 3.05) is 5.32 Å². The van der Waals surface area contributed by atoms with Crippen LogP contribution in [0.3, 0.4) is 0 Å². The predicted molar refractivity (Wildman–Crippen MR) is 89.7 cm³/mol. The van der Waals surface area contributed by atoms with Crippen molar-refractivity contribution in [1.82, 2.24) is 10.2 Å². The van der Waals surface area contributed by atoms with Gasteiger partial charge in [-0.25, -0.2) is 0 Å². The van der Waals surface area contributed by atoms with Crippen LogP contribution >= 0.6 is 34.5 Å². The molecule has 0 saturated carbocycles. The van der Waals surface area contributed by atoms with Crippen LogP contribution in [0.1, 0.15) is 22.5 Å². The molecule has 2 aromatic heterocycles. The van der Waals surface area contributed by atoms with E-state index in [4.69, 9.17) is 27.6 Å². The van der Waals surface area contributed by atoms with Crippen LogP contribution in [-0.2, 0) is 6.42 Å². The number of aromatic nitrogens is 2. The lowest BCUT2D eigenvalue weighted by Crippen LogP contribution is -2.15. The van der Waals surface area contributed by atoms with E-state index < -0.39 is 11.3 Å². The molecule has 0 spiro atoms. The number of fused-ring (bicyclic) bond motifs is 1. The second-order valence-corrected chi connectivity index (χ2v) is 6.45. The van der Waals surface area contributed by atoms with Crippen molar-refractivity contribution < 1.29 is 9.21 Å². The molecule has 1 amide bonds. The first kappa shape index (κ1) is 15.9. The van der Waals surface area contributed by atoms with E-state index in [0.29, 0.717) is 10.2 Å². The lowest BCUT2D eigenvalue weighted by Gasteiger charge is -2.04. The Morgan fingerprint density at radius 2 is 2.09 bits per heavy atom. The Kier molecular flexibility index (Phi) is 4.34. The van der Waals surface area contributed by atoms with Gasteiger partial charge in [0.05, 0.1) is 10.4 Å². The number of nitrogens with one attached hydrogen (secondary N) is 1. The van der Waals surface area contributed by atoms with Gasteiger partial charge in [0.25, 0.3) is 5.91 Å². The molecule has 0 aliphatic heterocycles. The minimum absolute atomic E-state index is 0.111. The normalized spacial score (nSPS) is 10.9. The fourth-order valence-electron chi connectivity index (χ4n) is 1.90. The predicted octanol–water partition coefficient (Wildman–Crippen LogP) is 3.77. The monoisotopic (exact) mass is 369 g/mol. The fraction of sp³-hybridized carbons (Fsp3) is 0.143. The van der Waals surface area contributed by atoms with Crippen molar-refractivity contribution in [3.8, 4) is 0 Å². The number of carbonyl (C=O) groups excluding carboxylic acids is 1. The van der Waals surface area contributed by atoms with Crippen molar-refractivity contribution in [3.05, 3.63) is 49.2 Å². The quantitative estimate of drug-likeness (QED) is 0.759. The van der Waals surface area contributed by atoms with Gasteiger partial charge in [0.2, 0.25) is 5.13 Å². The number of anilines is 1. The maximum atomic E-state index is 12.2. The van der Waals surface area contributed by atoms with Crippen LogP contribution in [0.5, 0.6) is 0 Å². The summed E-state index contributed by atoms with van der Waals surface area (Å²) in [4.78, 5) is 24.3. The maximum Gasteiger partial charge on any atom is 0.293 e. The van der Waals surface area contributed by atoms with Gasteiger partial charge >= 0.3 is 0 Å². The van der Waals surface area contributed by atoms with Crippen molar-refractivity contribution in [1.29, 1.82) is 0 Å². The topological polar surface area (TPSA) is 85.1 Å². The molecule has 1 N–H and O–H groups in total. The molecule has 6 nitrogen and oxygen atoms in total. The highest BCUT2D eigenvalue weighted by molar-refractivity contribution is 7.15. The summed E-state index contributed by atoms with van der Waals surface area (Å²) < 4.78 is 5.45. The lowest BCUT2D eigenvalue weighted by atomic mass is 10.2. The van der Waals surface area contributed by atoms with E-state index >= 15 is 0 Å². The van der Waals surface area contributed by atoms with Crippen LogP contribution in [0.4, 0.5) is 5.13 Å². The van der Waals surface area contributed by atoms with E-state index in [-0.39, 0.29) is 21.8 Å². The van der Waals surface area contributed by atoms with Crippen molar-refractivity contribution in [2.24, 2.45) is 0 Å². The third-order valence-corrected chi connectivity index (χ3v) is 4.44. The second-order valence-electron chi connectivity index (χ2n) is 4.55. The Bertz CT molecular complexity index is 968. The zero-order chi connectivity index (χ0) is 16.6. The van der Waals surface area contributed by atoms with Crippen LogP contribution in [-0.4, -0.2) is 16.1 Å². The molecule has 0 aliphatic rings. The first-order chi connectivity index (χ1) is 11.0. The Hall–Kier alpha value is -1.96. The SMILES string of the molecule is CCc1nnc(NC(=O)c2cc(=O)c3cc(Cl)cc(Cl)c3o2)s1. The Labute approximate surface area is 144 Å². The first-order valence-electron chi connectivity index (χ1n) is 6.54. The Morgan fingerprint density at radius 1 is 1.30 bits per heavy atom. The van der Waals surface area contributed by atoms with Gasteiger partial charge in [-0.1, -0.05) is 41.5 Å². The number of benzene rings is 1.